The fraction of sp³-hybridized carbons (Fsp3) is 0.625. The molecule has 8 heteroatoms. The van der Waals surface area contributed by atoms with Crippen LogP contribution in [0.5, 0.6) is 0 Å². The largest absolute Gasteiger partial charge is 0.352 e. The molecule has 1 aromatic heterocycles. The number of hydrogen-bond donors (Lipinski definition) is 1. The zero-order valence-electron chi connectivity index (χ0n) is 14.4. The molecule has 3 heterocycles. The van der Waals surface area contributed by atoms with Crippen LogP contribution in [0.1, 0.15) is 36.5 Å². The van der Waals surface area contributed by atoms with Crippen LogP contribution in [0.2, 0.25) is 0 Å². The molecule has 1 N–H and O–H groups in total. The molecule has 0 aliphatic carbocycles. The molecule has 3 rings (SSSR count). The second kappa shape index (κ2) is 5.92. The Morgan fingerprint density at radius 1 is 1.33 bits per heavy atom. The number of carbonyl (C=O) groups is 3. The van der Waals surface area contributed by atoms with E-state index in [1.54, 1.807) is 34.5 Å². The Morgan fingerprint density at radius 3 is 2.62 bits per heavy atom. The molecule has 1 aromatic rings. The van der Waals surface area contributed by atoms with E-state index in [2.05, 4.69) is 10.4 Å². The van der Waals surface area contributed by atoms with Crippen molar-refractivity contribution in [1.29, 1.82) is 0 Å². The van der Waals surface area contributed by atoms with Gasteiger partial charge in [-0.05, 0) is 26.3 Å². The van der Waals surface area contributed by atoms with Crippen molar-refractivity contribution in [3.05, 3.63) is 17.5 Å². The Morgan fingerprint density at radius 2 is 2.04 bits per heavy atom. The van der Waals surface area contributed by atoms with Crippen molar-refractivity contribution in [1.82, 2.24) is 24.9 Å². The Kier molecular flexibility index (Phi) is 4.06. The van der Waals surface area contributed by atoms with Crippen LogP contribution in [-0.2, 0) is 16.6 Å². The maximum Gasteiger partial charge on any atom is 0.272 e. The van der Waals surface area contributed by atoms with Gasteiger partial charge in [-0.25, -0.2) is 0 Å². The Balaban J connectivity index is 1.79. The maximum absolute atomic E-state index is 12.9. The molecule has 0 bridgehead atoms. The summed E-state index contributed by atoms with van der Waals surface area (Å²) < 4.78 is 1.55. The van der Waals surface area contributed by atoms with Gasteiger partial charge in [-0.3, -0.25) is 19.1 Å². The zero-order chi connectivity index (χ0) is 17.6. The van der Waals surface area contributed by atoms with Crippen molar-refractivity contribution in [3.8, 4) is 0 Å². The smallest absolute Gasteiger partial charge is 0.272 e. The van der Waals surface area contributed by atoms with Gasteiger partial charge in [0.25, 0.3) is 5.91 Å². The molecule has 0 spiro atoms. The van der Waals surface area contributed by atoms with E-state index in [0.717, 1.165) is 5.69 Å². The summed E-state index contributed by atoms with van der Waals surface area (Å²) in [6.07, 6.45) is 0.673. The highest BCUT2D eigenvalue weighted by molar-refractivity contribution is 5.97. The number of hydrogen-bond acceptors (Lipinski definition) is 4. The molecule has 2 fully saturated rings. The third kappa shape index (κ3) is 2.76. The molecule has 2 aliphatic heterocycles. The maximum atomic E-state index is 12.9. The highest BCUT2D eigenvalue weighted by atomic mass is 16.2. The Hall–Kier alpha value is -2.38. The van der Waals surface area contributed by atoms with Crippen LogP contribution in [-0.4, -0.2) is 68.5 Å². The van der Waals surface area contributed by atoms with Gasteiger partial charge in [0.2, 0.25) is 11.8 Å². The quantitative estimate of drug-likeness (QED) is 0.803. The molecular formula is C16H23N5O3. The molecule has 3 amide bonds. The third-order valence-corrected chi connectivity index (χ3v) is 4.82. The lowest BCUT2D eigenvalue weighted by Gasteiger charge is -2.41. The first-order valence-corrected chi connectivity index (χ1v) is 8.17. The van der Waals surface area contributed by atoms with E-state index in [9.17, 15) is 14.4 Å². The second-order valence-corrected chi connectivity index (χ2v) is 6.71. The van der Waals surface area contributed by atoms with Gasteiger partial charge < -0.3 is 15.1 Å². The molecule has 0 radical (unpaired) electrons. The molecule has 8 nitrogen and oxygen atoms in total. The Bertz CT molecular complexity index is 698. The van der Waals surface area contributed by atoms with Crippen LogP contribution in [0.15, 0.2) is 6.07 Å². The van der Waals surface area contributed by atoms with Crippen molar-refractivity contribution in [2.24, 2.45) is 7.05 Å². The lowest BCUT2D eigenvalue weighted by molar-refractivity contribution is -0.141. The van der Waals surface area contributed by atoms with E-state index in [4.69, 9.17) is 0 Å². The summed E-state index contributed by atoms with van der Waals surface area (Å²) in [5, 5.41) is 7.08. The number of rotatable bonds is 2. The summed E-state index contributed by atoms with van der Waals surface area (Å²) in [7, 11) is 1.73. The monoisotopic (exact) mass is 333 g/mol. The average Bonchev–Trinajstić information content (AvgIpc) is 3.04. The van der Waals surface area contributed by atoms with Gasteiger partial charge in [-0.15, -0.1) is 0 Å². The van der Waals surface area contributed by atoms with E-state index in [-0.39, 0.29) is 29.8 Å². The van der Waals surface area contributed by atoms with Gasteiger partial charge in [-0.2, -0.15) is 5.10 Å². The number of amides is 3. The summed E-state index contributed by atoms with van der Waals surface area (Å²) >= 11 is 0. The van der Waals surface area contributed by atoms with Crippen LogP contribution < -0.4 is 5.32 Å². The number of aryl methyl sites for hydroxylation is 2. The number of piperazine rings is 1. The summed E-state index contributed by atoms with van der Waals surface area (Å²) in [6, 6.07) is 1.13. The van der Waals surface area contributed by atoms with Gasteiger partial charge in [0, 0.05) is 33.1 Å². The SMILES string of the molecule is CC(=O)N[C@H]1C[C@H]2CN(C(=O)c3cc(C)nn3C)[C@@H](C)C(=O)N2C1. The number of carbonyl (C=O) groups excluding carboxylic acids is 3. The third-order valence-electron chi connectivity index (χ3n) is 4.82. The van der Waals surface area contributed by atoms with Gasteiger partial charge in [0.05, 0.1) is 11.7 Å². The minimum absolute atomic E-state index is 0.0438. The number of aromatic nitrogens is 2. The zero-order valence-corrected chi connectivity index (χ0v) is 14.4. The van der Waals surface area contributed by atoms with E-state index >= 15 is 0 Å². The highest BCUT2D eigenvalue weighted by Crippen LogP contribution is 2.27. The second-order valence-electron chi connectivity index (χ2n) is 6.71. The molecule has 0 unspecified atom stereocenters. The minimum atomic E-state index is -0.514. The number of nitrogens with zero attached hydrogens (tertiary/aromatic N) is 4. The fourth-order valence-electron chi connectivity index (χ4n) is 3.73. The predicted molar refractivity (Wildman–Crippen MR) is 86.2 cm³/mol. The van der Waals surface area contributed by atoms with Crippen LogP contribution in [0, 0.1) is 6.92 Å². The van der Waals surface area contributed by atoms with Crippen LogP contribution >= 0.6 is 0 Å². The molecular weight excluding hydrogens is 310 g/mol. The molecule has 24 heavy (non-hydrogen) atoms. The Labute approximate surface area is 140 Å². The highest BCUT2D eigenvalue weighted by Gasteiger charge is 2.45. The van der Waals surface area contributed by atoms with E-state index < -0.39 is 6.04 Å². The van der Waals surface area contributed by atoms with E-state index in [1.807, 2.05) is 6.92 Å². The topological polar surface area (TPSA) is 87.5 Å². The molecule has 0 saturated carbocycles. The summed E-state index contributed by atoms with van der Waals surface area (Å²) in [5.74, 6) is -0.341. The number of nitrogens with one attached hydrogen (secondary N) is 1. The molecule has 0 aromatic carbocycles. The van der Waals surface area contributed by atoms with Crippen LogP contribution in [0.4, 0.5) is 0 Å². The van der Waals surface area contributed by atoms with Gasteiger partial charge >= 0.3 is 0 Å². The van der Waals surface area contributed by atoms with E-state index in [0.29, 0.717) is 25.2 Å². The molecule has 3 atom stereocenters. The van der Waals surface area contributed by atoms with Crippen LogP contribution in [0.3, 0.4) is 0 Å². The van der Waals surface area contributed by atoms with Crippen molar-refractivity contribution in [2.45, 2.75) is 45.3 Å². The van der Waals surface area contributed by atoms with Crippen molar-refractivity contribution >= 4 is 17.7 Å². The minimum Gasteiger partial charge on any atom is -0.352 e. The first-order chi connectivity index (χ1) is 11.3. The predicted octanol–water partition coefficient (Wildman–Crippen LogP) is -0.322. The first-order valence-electron chi connectivity index (χ1n) is 8.17. The van der Waals surface area contributed by atoms with E-state index in [1.165, 1.54) is 6.92 Å². The average molecular weight is 333 g/mol. The van der Waals surface area contributed by atoms with Gasteiger partial charge in [-0.1, -0.05) is 0 Å². The number of fused-ring (bicyclic) bond motifs is 1. The summed E-state index contributed by atoms with van der Waals surface area (Å²) in [5.41, 5.74) is 1.25. The lowest BCUT2D eigenvalue weighted by atomic mass is 10.1. The molecule has 2 saturated heterocycles. The summed E-state index contributed by atoms with van der Waals surface area (Å²) in [4.78, 5) is 40.2. The lowest BCUT2D eigenvalue weighted by Crippen LogP contribution is -2.60. The van der Waals surface area contributed by atoms with Crippen molar-refractivity contribution in [3.63, 3.8) is 0 Å². The normalized spacial score (nSPS) is 26.5. The van der Waals surface area contributed by atoms with Gasteiger partial charge in [0.1, 0.15) is 11.7 Å². The first kappa shape index (κ1) is 16.5. The van der Waals surface area contributed by atoms with Crippen molar-refractivity contribution < 1.29 is 14.4 Å². The van der Waals surface area contributed by atoms with Crippen molar-refractivity contribution in [2.75, 3.05) is 13.1 Å². The fourth-order valence-corrected chi connectivity index (χ4v) is 3.73. The van der Waals surface area contributed by atoms with Crippen LogP contribution in [0.25, 0.3) is 0 Å². The molecule has 2 aliphatic rings. The van der Waals surface area contributed by atoms with Gasteiger partial charge in [0.15, 0.2) is 0 Å². The standard InChI is InChI=1S/C16H23N5O3/c1-9-5-14(19(4)18-9)16(24)20-8-13-6-12(17-11(3)22)7-21(13)15(23)10(20)2/h5,10,12-13H,6-8H2,1-4H3,(H,17,22)/t10-,12-,13-/m0/s1. The molecule has 130 valence electrons. The summed E-state index contributed by atoms with van der Waals surface area (Å²) in [6.45, 7) is 6.05.